The number of ether oxygens (including phenoxy) is 1. The second kappa shape index (κ2) is 5.79. The summed E-state index contributed by atoms with van der Waals surface area (Å²) in [6.45, 7) is 4.15. The molecule has 1 aromatic rings. The van der Waals surface area contributed by atoms with E-state index < -0.39 is 5.97 Å². The van der Waals surface area contributed by atoms with E-state index in [-0.39, 0.29) is 11.7 Å². The molecule has 0 aliphatic carbocycles. The zero-order valence-corrected chi connectivity index (χ0v) is 10.6. The Bertz CT molecular complexity index is 365. The topological polar surface area (TPSA) is 70.1 Å². The molecule has 0 bridgehead atoms. The lowest BCUT2D eigenvalue weighted by Gasteiger charge is -2.13. The first-order valence-electron chi connectivity index (χ1n) is 5.10. The molecule has 0 saturated carbocycles. The third-order valence-corrected chi connectivity index (χ3v) is 3.38. The lowest BCUT2D eigenvalue weighted by Crippen LogP contribution is -2.12. The van der Waals surface area contributed by atoms with Gasteiger partial charge in [-0.25, -0.2) is 9.78 Å². The molecule has 90 valence electrons. The van der Waals surface area contributed by atoms with E-state index in [4.69, 9.17) is 5.73 Å². The number of carbonyl (C=O) groups excluding carboxylic acids is 1. The number of esters is 1. The largest absolute Gasteiger partial charge is 0.464 e. The molecule has 1 unspecified atom stereocenters. The smallest absolute Gasteiger partial charge is 0.360 e. The molecule has 1 aromatic heterocycles. The molecule has 1 atom stereocenters. The Labute approximate surface area is 99.4 Å². The number of nitrogens with two attached hydrogens (primary N) is 1. The molecule has 0 aliphatic heterocycles. The molecular weight excluding hydrogens is 226 g/mol. The molecule has 6 heteroatoms. The van der Waals surface area contributed by atoms with Crippen LogP contribution in [-0.2, 0) is 4.74 Å². The van der Waals surface area contributed by atoms with Crippen LogP contribution in [0.3, 0.4) is 0 Å². The van der Waals surface area contributed by atoms with Gasteiger partial charge in [-0.05, 0) is 12.7 Å². The zero-order valence-electron chi connectivity index (χ0n) is 9.77. The van der Waals surface area contributed by atoms with Crippen LogP contribution in [0, 0.1) is 0 Å². The summed E-state index contributed by atoms with van der Waals surface area (Å²) in [5.74, 6) is 1.88. The lowest BCUT2D eigenvalue weighted by molar-refractivity contribution is 0.0596. The van der Waals surface area contributed by atoms with Gasteiger partial charge in [-0.2, -0.15) is 11.8 Å². The van der Waals surface area contributed by atoms with E-state index in [0.717, 1.165) is 11.5 Å². The van der Waals surface area contributed by atoms with E-state index in [1.165, 1.54) is 7.11 Å². The molecular formula is C10H17N3O2S. The number of rotatable bonds is 5. The Morgan fingerprint density at radius 2 is 2.44 bits per heavy atom. The first-order chi connectivity index (χ1) is 7.61. The highest BCUT2D eigenvalue weighted by Crippen LogP contribution is 2.20. The number of nitrogens with zero attached hydrogens (tertiary/aromatic N) is 2. The summed E-state index contributed by atoms with van der Waals surface area (Å²) in [5.41, 5.74) is 6.03. The molecule has 0 aliphatic rings. The van der Waals surface area contributed by atoms with Crippen LogP contribution >= 0.6 is 11.8 Å². The first-order valence-corrected chi connectivity index (χ1v) is 6.25. The van der Waals surface area contributed by atoms with Crippen molar-refractivity contribution in [3.8, 4) is 0 Å². The number of imidazole rings is 1. The van der Waals surface area contributed by atoms with E-state index in [9.17, 15) is 4.79 Å². The minimum Gasteiger partial charge on any atom is -0.464 e. The van der Waals surface area contributed by atoms with Gasteiger partial charge in [0.25, 0.3) is 0 Å². The number of hydrogen-bond donors (Lipinski definition) is 1. The van der Waals surface area contributed by atoms with Crippen molar-refractivity contribution in [2.24, 2.45) is 0 Å². The third kappa shape index (κ3) is 2.69. The first kappa shape index (κ1) is 12.9. The van der Waals surface area contributed by atoms with Crippen molar-refractivity contribution in [1.82, 2.24) is 9.55 Å². The second-order valence-electron chi connectivity index (χ2n) is 3.39. The van der Waals surface area contributed by atoms with Crippen LogP contribution < -0.4 is 5.73 Å². The Morgan fingerprint density at radius 3 is 3.00 bits per heavy atom. The average Bonchev–Trinajstić information content (AvgIpc) is 2.67. The predicted molar refractivity (Wildman–Crippen MR) is 65.7 cm³/mol. The van der Waals surface area contributed by atoms with Gasteiger partial charge < -0.3 is 15.0 Å². The fourth-order valence-electron chi connectivity index (χ4n) is 1.34. The fourth-order valence-corrected chi connectivity index (χ4v) is 2.08. The van der Waals surface area contributed by atoms with Gasteiger partial charge in [-0.1, -0.05) is 6.92 Å². The standard InChI is InChI=1S/C10H17N3O2S/c1-4-16-5-7(2)13-6-12-8(9(13)11)10(14)15-3/h6-7H,4-5,11H2,1-3H3. The summed E-state index contributed by atoms with van der Waals surface area (Å²) in [6.07, 6.45) is 1.59. The van der Waals surface area contributed by atoms with Gasteiger partial charge in [-0.3, -0.25) is 0 Å². The minimum absolute atomic E-state index is 0.191. The number of methoxy groups -OCH3 is 1. The van der Waals surface area contributed by atoms with Gasteiger partial charge in [-0.15, -0.1) is 0 Å². The second-order valence-corrected chi connectivity index (χ2v) is 4.70. The lowest BCUT2D eigenvalue weighted by atomic mass is 10.3. The number of carbonyl (C=O) groups is 1. The quantitative estimate of drug-likeness (QED) is 0.795. The Kier molecular flexibility index (Phi) is 4.67. The van der Waals surface area contributed by atoms with Crippen molar-refractivity contribution in [2.45, 2.75) is 19.9 Å². The summed E-state index contributed by atoms with van der Waals surface area (Å²) in [6, 6.07) is 0.218. The molecule has 0 aromatic carbocycles. The van der Waals surface area contributed by atoms with Crippen molar-refractivity contribution < 1.29 is 9.53 Å². The minimum atomic E-state index is -0.494. The Balaban J connectivity index is 2.82. The van der Waals surface area contributed by atoms with Gasteiger partial charge in [0.05, 0.1) is 13.4 Å². The van der Waals surface area contributed by atoms with Crippen LogP contribution in [0.5, 0.6) is 0 Å². The van der Waals surface area contributed by atoms with Gasteiger partial charge in [0.15, 0.2) is 5.69 Å². The van der Waals surface area contributed by atoms with Crippen molar-refractivity contribution in [2.75, 3.05) is 24.3 Å². The maximum Gasteiger partial charge on any atom is 0.360 e. The van der Waals surface area contributed by atoms with E-state index in [1.54, 1.807) is 10.9 Å². The number of anilines is 1. The number of nitrogen functional groups attached to an aromatic ring is 1. The monoisotopic (exact) mass is 243 g/mol. The molecule has 0 radical (unpaired) electrons. The molecule has 0 saturated heterocycles. The highest BCUT2D eigenvalue weighted by Gasteiger charge is 2.18. The summed E-state index contributed by atoms with van der Waals surface area (Å²) in [7, 11) is 1.32. The summed E-state index contributed by atoms with van der Waals surface area (Å²) in [5, 5.41) is 0. The van der Waals surface area contributed by atoms with Crippen LogP contribution in [0.25, 0.3) is 0 Å². The number of hydrogen-bond acceptors (Lipinski definition) is 5. The maximum absolute atomic E-state index is 11.3. The van der Waals surface area contributed by atoms with E-state index in [0.29, 0.717) is 5.82 Å². The Hall–Kier alpha value is -1.17. The highest BCUT2D eigenvalue weighted by atomic mass is 32.2. The van der Waals surface area contributed by atoms with Crippen LogP contribution in [0.2, 0.25) is 0 Å². The summed E-state index contributed by atoms with van der Waals surface area (Å²) >= 11 is 1.82. The average molecular weight is 243 g/mol. The van der Waals surface area contributed by atoms with Crippen molar-refractivity contribution in [3.05, 3.63) is 12.0 Å². The van der Waals surface area contributed by atoms with E-state index in [1.807, 2.05) is 18.7 Å². The molecule has 1 heterocycles. The molecule has 5 nitrogen and oxygen atoms in total. The fraction of sp³-hybridized carbons (Fsp3) is 0.600. The molecule has 0 fully saturated rings. The van der Waals surface area contributed by atoms with Crippen LogP contribution in [0.15, 0.2) is 6.33 Å². The predicted octanol–water partition coefficient (Wildman–Crippen LogP) is 1.57. The molecule has 0 amide bonds. The maximum atomic E-state index is 11.3. The van der Waals surface area contributed by atoms with Crippen LogP contribution in [-0.4, -0.2) is 34.1 Å². The molecule has 0 spiro atoms. The van der Waals surface area contributed by atoms with E-state index in [2.05, 4.69) is 16.6 Å². The summed E-state index contributed by atoms with van der Waals surface area (Å²) < 4.78 is 6.39. The van der Waals surface area contributed by atoms with Crippen molar-refractivity contribution >= 4 is 23.5 Å². The number of thioether (sulfide) groups is 1. The van der Waals surface area contributed by atoms with E-state index >= 15 is 0 Å². The van der Waals surface area contributed by atoms with Crippen molar-refractivity contribution in [1.29, 1.82) is 0 Å². The number of aromatic nitrogens is 2. The Morgan fingerprint density at radius 1 is 1.75 bits per heavy atom. The van der Waals surface area contributed by atoms with Gasteiger partial charge in [0, 0.05) is 11.8 Å². The molecule has 2 N–H and O–H groups in total. The summed E-state index contributed by atoms with van der Waals surface area (Å²) in [4.78, 5) is 15.3. The highest BCUT2D eigenvalue weighted by molar-refractivity contribution is 7.99. The van der Waals surface area contributed by atoms with Gasteiger partial charge in [0.2, 0.25) is 0 Å². The van der Waals surface area contributed by atoms with Crippen LogP contribution in [0.1, 0.15) is 30.4 Å². The molecule has 16 heavy (non-hydrogen) atoms. The van der Waals surface area contributed by atoms with Crippen LogP contribution in [0.4, 0.5) is 5.82 Å². The normalized spacial score (nSPS) is 12.4. The third-order valence-electron chi connectivity index (χ3n) is 2.25. The van der Waals surface area contributed by atoms with Gasteiger partial charge in [0.1, 0.15) is 5.82 Å². The molecule has 1 rings (SSSR count). The SMILES string of the molecule is CCSCC(C)n1cnc(C(=O)OC)c1N. The van der Waals surface area contributed by atoms with Crippen molar-refractivity contribution in [3.63, 3.8) is 0 Å². The van der Waals surface area contributed by atoms with Gasteiger partial charge >= 0.3 is 5.97 Å². The zero-order chi connectivity index (χ0) is 12.1.